The van der Waals surface area contributed by atoms with Crippen molar-refractivity contribution in [3.05, 3.63) is 47.4 Å². The van der Waals surface area contributed by atoms with Crippen molar-refractivity contribution in [3.63, 3.8) is 0 Å². The Morgan fingerprint density at radius 1 is 1.00 bits per heavy atom. The number of halogens is 1. The predicted molar refractivity (Wildman–Crippen MR) is 105 cm³/mol. The van der Waals surface area contributed by atoms with E-state index in [0.717, 1.165) is 24.3 Å². The number of hydrogen-bond acceptors (Lipinski definition) is 2. The van der Waals surface area contributed by atoms with Gasteiger partial charge in [-0.2, -0.15) is 11.8 Å². The number of piperidine rings is 1. The zero-order valence-corrected chi connectivity index (χ0v) is 15.7. The van der Waals surface area contributed by atoms with Crippen molar-refractivity contribution in [1.82, 2.24) is 9.47 Å². The first-order valence-electron chi connectivity index (χ1n) is 9.58. The van der Waals surface area contributed by atoms with Crippen molar-refractivity contribution >= 4 is 11.8 Å². The van der Waals surface area contributed by atoms with Crippen LogP contribution in [0.25, 0.3) is 11.3 Å². The lowest BCUT2D eigenvalue weighted by Gasteiger charge is -2.27. The van der Waals surface area contributed by atoms with Crippen LogP contribution in [-0.2, 0) is 18.7 Å². The fourth-order valence-corrected chi connectivity index (χ4v) is 5.12. The standard InChI is InChI=1S/C21H27FN2S/c22-19-7-5-17(6-8-19)21-15-18-16-25-14-9-20(18)24(21)13-4-12-23-10-2-1-3-11-23/h5-8,15H,1-4,9-14,16H2. The molecule has 0 bridgehead atoms. The van der Waals surface area contributed by atoms with Crippen LogP contribution in [-0.4, -0.2) is 34.9 Å². The normalized spacial score (nSPS) is 18.3. The maximum atomic E-state index is 13.3. The first kappa shape index (κ1) is 17.2. The summed E-state index contributed by atoms with van der Waals surface area (Å²) in [4.78, 5) is 2.62. The first-order chi connectivity index (χ1) is 12.3. The van der Waals surface area contributed by atoms with E-state index in [0.29, 0.717) is 0 Å². The highest BCUT2D eigenvalue weighted by Gasteiger charge is 2.19. The molecule has 134 valence electrons. The van der Waals surface area contributed by atoms with Crippen LogP contribution in [0.2, 0.25) is 0 Å². The number of likely N-dealkylation sites (tertiary alicyclic amines) is 1. The van der Waals surface area contributed by atoms with E-state index in [4.69, 9.17) is 0 Å². The number of rotatable bonds is 5. The Morgan fingerprint density at radius 3 is 2.60 bits per heavy atom. The molecule has 0 radical (unpaired) electrons. The third-order valence-electron chi connectivity index (χ3n) is 5.48. The molecule has 0 aliphatic carbocycles. The number of fused-ring (bicyclic) bond motifs is 1. The Kier molecular flexibility index (Phi) is 5.47. The van der Waals surface area contributed by atoms with Gasteiger partial charge in [0.05, 0.1) is 0 Å². The minimum absolute atomic E-state index is 0.160. The average Bonchev–Trinajstić information content (AvgIpc) is 3.02. The summed E-state index contributed by atoms with van der Waals surface area (Å²) in [6, 6.07) is 9.34. The summed E-state index contributed by atoms with van der Waals surface area (Å²) < 4.78 is 15.8. The average molecular weight is 359 g/mol. The van der Waals surface area contributed by atoms with Crippen LogP contribution in [0.15, 0.2) is 30.3 Å². The van der Waals surface area contributed by atoms with Crippen LogP contribution in [0.4, 0.5) is 4.39 Å². The van der Waals surface area contributed by atoms with Gasteiger partial charge in [0.15, 0.2) is 0 Å². The summed E-state index contributed by atoms with van der Waals surface area (Å²) >= 11 is 2.02. The molecule has 0 atom stereocenters. The molecule has 1 saturated heterocycles. The smallest absolute Gasteiger partial charge is 0.123 e. The molecule has 2 aromatic rings. The molecular formula is C21H27FN2S. The molecule has 0 amide bonds. The Morgan fingerprint density at radius 2 is 1.80 bits per heavy atom. The second-order valence-corrected chi connectivity index (χ2v) is 8.32. The van der Waals surface area contributed by atoms with E-state index < -0.39 is 0 Å². The Balaban J connectivity index is 1.54. The fraction of sp³-hybridized carbons (Fsp3) is 0.524. The van der Waals surface area contributed by atoms with Gasteiger partial charge in [0.2, 0.25) is 0 Å². The van der Waals surface area contributed by atoms with Crippen molar-refractivity contribution in [3.8, 4) is 11.3 Å². The highest BCUT2D eigenvalue weighted by molar-refractivity contribution is 7.98. The number of benzene rings is 1. The largest absolute Gasteiger partial charge is 0.344 e. The van der Waals surface area contributed by atoms with Crippen molar-refractivity contribution < 1.29 is 4.39 Å². The Hall–Kier alpha value is -1.26. The molecule has 25 heavy (non-hydrogen) atoms. The SMILES string of the molecule is Fc1ccc(-c2cc3c(n2CCCN2CCCCC2)CCSC3)cc1. The molecule has 4 rings (SSSR count). The highest BCUT2D eigenvalue weighted by Crippen LogP contribution is 2.33. The van der Waals surface area contributed by atoms with Crippen molar-refractivity contribution in [2.45, 2.75) is 44.4 Å². The lowest BCUT2D eigenvalue weighted by atomic mass is 10.1. The zero-order valence-electron chi connectivity index (χ0n) is 14.8. The summed E-state index contributed by atoms with van der Waals surface area (Å²) in [7, 11) is 0. The second-order valence-electron chi connectivity index (χ2n) is 7.22. The summed E-state index contributed by atoms with van der Waals surface area (Å²) in [5.74, 6) is 2.17. The Labute approximate surface area is 154 Å². The van der Waals surface area contributed by atoms with Gasteiger partial charge in [-0.15, -0.1) is 0 Å². The minimum atomic E-state index is -0.160. The monoisotopic (exact) mass is 358 g/mol. The molecule has 3 heterocycles. The van der Waals surface area contributed by atoms with Gasteiger partial charge in [-0.1, -0.05) is 6.42 Å². The molecule has 1 aromatic heterocycles. The van der Waals surface area contributed by atoms with Crippen LogP contribution in [0.1, 0.15) is 36.9 Å². The summed E-state index contributed by atoms with van der Waals surface area (Å²) in [5, 5.41) is 0. The quantitative estimate of drug-likeness (QED) is 0.746. The number of hydrogen-bond donors (Lipinski definition) is 0. The molecule has 0 saturated carbocycles. The minimum Gasteiger partial charge on any atom is -0.344 e. The van der Waals surface area contributed by atoms with E-state index in [1.807, 2.05) is 23.9 Å². The van der Waals surface area contributed by atoms with Gasteiger partial charge in [0.25, 0.3) is 0 Å². The summed E-state index contributed by atoms with van der Waals surface area (Å²) in [6.07, 6.45) is 6.47. The number of nitrogens with zero attached hydrogens (tertiary/aromatic N) is 2. The zero-order chi connectivity index (χ0) is 17.1. The molecular weight excluding hydrogens is 331 g/mol. The third-order valence-corrected chi connectivity index (χ3v) is 6.49. The Bertz CT molecular complexity index is 701. The van der Waals surface area contributed by atoms with Crippen LogP contribution >= 0.6 is 11.8 Å². The van der Waals surface area contributed by atoms with Gasteiger partial charge in [0, 0.05) is 23.7 Å². The second kappa shape index (κ2) is 7.96. The predicted octanol–water partition coefficient (Wildman–Crippen LogP) is 4.96. The molecule has 1 aromatic carbocycles. The highest BCUT2D eigenvalue weighted by atomic mass is 32.2. The lowest BCUT2D eigenvalue weighted by molar-refractivity contribution is 0.223. The van der Waals surface area contributed by atoms with E-state index in [9.17, 15) is 4.39 Å². The van der Waals surface area contributed by atoms with Crippen molar-refractivity contribution in [1.29, 1.82) is 0 Å². The van der Waals surface area contributed by atoms with Gasteiger partial charge < -0.3 is 9.47 Å². The third kappa shape index (κ3) is 3.95. The van der Waals surface area contributed by atoms with Gasteiger partial charge in [-0.3, -0.25) is 0 Å². The van der Waals surface area contributed by atoms with Crippen LogP contribution in [0.3, 0.4) is 0 Å². The number of thioether (sulfide) groups is 1. The molecule has 2 aliphatic heterocycles. The van der Waals surface area contributed by atoms with E-state index in [-0.39, 0.29) is 5.82 Å². The molecule has 0 unspecified atom stereocenters. The molecule has 0 spiro atoms. The van der Waals surface area contributed by atoms with Gasteiger partial charge in [-0.25, -0.2) is 4.39 Å². The number of aromatic nitrogens is 1. The van der Waals surface area contributed by atoms with E-state index >= 15 is 0 Å². The topological polar surface area (TPSA) is 8.17 Å². The molecule has 4 heteroatoms. The van der Waals surface area contributed by atoms with Gasteiger partial charge in [0.1, 0.15) is 5.82 Å². The molecule has 0 N–H and O–H groups in total. The van der Waals surface area contributed by atoms with Gasteiger partial charge >= 0.3 is 0 Å². The molecule has 2 aliphatic rings. The lowest BCUT2D eigenvalue weighted by Crippen LogP contribution is -2.31. The maximum absolute atomic E-state index is 13.3. The van der Waals surface area contributed by atoms with Crippen molar-refractivity contribution in [2.24, 2.45) is 0 Å². The van der Waals surface area contributed by atoms with E-state index in [2.05, 4.69) is 15.5 Å². The summed E-state index contributed by atoms with van der Waals surface area (Å²) in [6.45, 7) is 4.81. The van der Waals surface area contributed by atoms with E-state index in [1.165, 1.54) is 68.0 Å². The van der Waals surface area contributed by atoms with Crippen molar-refractivity contribution in [2.75, 3.05) is 25.4 Å². The molecule has 2 nitrogen and oxygen atoms in total. The maximum Gasteiger partial charge on any atom is 0.123 e. The molecule has 1 fully saturated rings. The van der Waals surface area contributed by atoms with Crippen LogP contribution in [0.5, 0.6) is 0 Å². The first-order valence-corrected chi connectivity index (χ1v) is 10.7. The van der Waals surface area contributed by atoms with E-state index in [1.54, 1.807) is 12.1 Å². The fourth-order valence-electron chi connectivity index (χ4n) is 4.17. The van der Waals surface area contributed by atoms with Crippen LogP contribution < -0.4 is 0 Å². The van der Waals surface area contributed by atoms with Gasteiger partial charge in [-0.05, 0) is 92.5 Å². The van der Waals surface area contributed by atoms with Crippen LogP contribution in [0, 0.1) is 5.82 Å². The summed E-state index contributed by atoms with van der Waals surface area (Å²) in [5.41, 5.74) is 5.40.